The highest BCUT2D eigenvalue weighted by molar-refractivity contribution is 7.91. The van der Waals surface area contributed by atoms with Gasteiger partial charge in [0.25, 0.3) is 0 Å². The molecule has 140 valence electrons. The molecule has 1 saturated heterocycles. The normalized spacial score (nSPS) is 20.9. The standard InChI is InChI=1S/C17H26FN3O3S/c1-3-14(24-16-8-6-5-7-15(16)18)11-20-17(19-4-2)21-13-9-10-25(22,23)12-13/h5-8,13-14H,3-4,9-12H2,1-2H3,(H2,19,20,21). The fourth-order valence-electron chi connectivity index (χ4n) is 2.58. The number of nitrogens with zero attached hydrogens (tertiary/aromatic N) is 1. The lowest BCUT2D eigenvalue weighted by Gasteiger charge is -2.19. The highest BCUT2D eigenvalue weighted by Gasteiger charge is 2.28. The van der Waals surface area contributed by atoms with Crippen LogP contribution in [0.5, 0.6) is 5.75 Å². The molecular weight excluding hydrogens is 345 g/mol. The van der Waals surface area contributed by atoms with Crippen LogP contribution < -0.4 is 15.4 Å². The number of guanidine groups is 1. The van der Waals surface area contributed by atoms with Gasteiger partial charge in [-0.2, -0.15) is 0 Å². The summed E-state index contributed by atoms with van der Waals surface area (Å²) in [4.78, 5) is 4.47. The fraction of sp³-hybridized carbons (Fsp3) is 0.588. The lowest BCUT2D eigenvalue weighted by Crippen LogP contribution is -2.44. The number of nitrogens with one attached hydrogen (secondary N) is 2. The molecule has 2 atom stereocenters. The third-order valence-corrected chi connectivity index (χ3v) is 5.72. The molecule has 2 rings (SSSR count). The molecule has 0 amide bonds. The van der Waals surface area contributed by atoms with E-state index in [4.69, 9.17) is 4.74 Å². The van der Waals surface area contributed by atoms with Gasteiger partial charge < -0.3 is 15.4 Å². The minimum absolute atomic E-state index is 0.125. The van der Waals surface area contributed by atoms with Crippen molar-refractivity contribution in [1.82, 2.24) is 10.6 Å². The average molecular weight is 371 g/mol. The molecule has 2 N–H and O–H groups in total. The van der Waals surface area contributed by atoms with E-state index < -0.39 is 15.7 Å². The Morgan fingerprint density at radius 2 is 2.16 bits per heavy atom. The van der Waals surface area contributed by atoms with Crippen LogP contribution in [0.25, 0.3) is 0 Å². The lowest BCUT2D eigenvalue weighted by molar-refractivity contribution is 0.196. The summed E-state index contributed by atoms with van der Waals surface area (Å²) in [6, 6.07) is 6.16. The molecular formula is C17H26FN3O3S. The molecule has 6 nitrogen and oxygen atoms in total. The molecule has 25 heavy (non-hydrogen) atoms. The second kappa shape index (κ2) is 9.03. The van der Waals surface area contributed by atoms with E-state index in [-0.39, 0.29) is 29.4 Å². The first-order valence-electron chi connectivity index (χ1n) is 8.60. The number of hydrogen-bond donors (Lipinski definition) is 2. The molecule has 0 aromatic heterocycles. The van der Waals surface area contributed by atoms with Crippen molar-refractivity contribution in [3.8, 4) is 5.75 Å². The molecule has 1 heterocycles. The number of sulfone groups is 1. The molecule has 0 radical (unpaired) electrons. The minimum Gasteiger partial charge on any atom is -0.485 e. The van der Waals surface area contributed by atoms with Gasteiger partial charge in [-0.25, -0.2) is 17.8 Å². The monoisotopic (exact) mass is 371 g/mol. The van der Waals surface area contributed by atoms with Crippen LogP contribution in [0.3, 0.4) is 0 Å². The first-order chi connectivity index (χ1) is 11.9. The highest BCUT2D eigenvalue weighted by Crippen LogP contribution is 2.18. The van der Waals surface area contributed by atoms with Crippen molar-refractivity contribution in [2.75, 3.05) is 24.6 Å². The molecule has 8 heteroatoms. The second-order valence-electron chi connectivity index (χ2n) is 6.04. The van der Waals surface area contributed by atoms with Gasteiger partial charge in [-0.1, -0.05) is 19.1 Å². The lowest BCUT2D eigenvalue weighted by atomic mass is 10.2. The van der Waals surface area contributed by atoms with Crippen LogP contribution in [-0.4, -0.2) is 51.1 Å². The predicted octanol–water partition coefficient (Wildman–Crippen LogP) is 1.73. The Morgan fingerprint density at radius 3 is 2.76 bits per heavy atom. The summed E-state index contributed by atoms with van der Waals surface area (Å²) >= 11 is 0. The summed E-state index contributed by atoms with van der Waals surface area (Å²) in [7, 11) is -2.95. The second-order valence-corrected chi connectivity index (χ2v) is 8.27. The van der Waals surface area contributed by atoms with Crippen LogP contribution in [0.4, 0.5) is 4.39 Å². The van der Waals surface area contributed by atoms with Crippen LogP contribution >= 0.6 is 0 Å². The van der Waals surface area contributed by atoms with E-state index >= 15 is 0 Å². The highest BCUT2D eigenvalue weighted by atomic mass is 32.2. The molecule has 2 unspecified atom stereocenters. The molecule has 0 saturated carbocycles. The van der Waals surface area contributed by atoms with E-state index in [1.807, 2.05) is 13.8 Å². The molecule has 0 spiro atoms. The average Bonchev–Trinajstić information content (AvgIpc) is 2.91. The number of halogens is 1. The zero-order chi connectivity index (χ0) is 18.3. The molecule has 1 aromatic rings. The van der Waals surface area contributed by atoms with Gasteiger partial charge in [-0.15, -0.1) is 0 Å². The Bertz CT molecular complexity index is 694. The number of aliphatic imine (C=N–C) groups is 1. The first-order valence-corrected chi connectivity index (χ1v) is 10.4. The minimum atomic E-state index is -2.95. The van der Waals surface area contributed by atoms with Crippen molar-refractivity contribution in [1.29, 1.82) is 0 Å². The molecule has 1 aliphatic rings. The van der Waals surface area contributed by atoms with Crippen LogP contribution in [0, 0.1) is 5.82 Å². The Labute approximate surface area is 148 Å². The van der Waals surface area contributed by atoms with Gasteiger partial charge in [0, 0.05) is 12.6 Å². The van der Waals surface area contributed by atoms with E-state index in [9.17, 15) is 12.8 Å². The Balaban J connectivity index is 1.97. The molecule has 0 bridgehead atoms. The van der Waals surface area contributed by atoms with Gasteiger partial charge in [0.2, 0.25) is 0 Å². The maximum Gasteiger partial charge on any atom is 0.191 e. The van der Waals surface area contributed by atoms with Gasteiger partial charge in [-0.05, 0) is 31.9 Å². The zero-order valence-electron chi connectivity index (χ0n) is 14.7. The van der Waals surface area contributed by atoms with E-state index in [1.54, 1.807) is 18.2 Å². The number of benzene rings is 1. The quantitative estimate of drug-likeness (QED) is 0.564. The molecule has 1 aliphatic heterocycles. The van der Waals surface area contributed by atoms with Crippen molar-refractivity contribution < 1.29 is 17.5 Å². The van der Waals surface area contributed by atoms with Crippen molar-refractivity contribution in [3.63, 3.8) is 0 Å². The van der Waals surface area contributed by atoms with Crippen molar-refractivity contribution in [2.45, 2.75) is 38.8 Å². The zero-order valence-corrected chi connectivity index (χ0v) is 15.5. The number of rotatable bonds is 7. The Morgan fingerprint density at radius 1 is 1.40 bits per heavy atom. The molecule has 0 aliphatic carbocycles. The van der Waals surface area contributed by atoms with E-state index in [1.165, 1.54) is 6.07 Å². The summed E-state index contributed by atoms with van der Waals surface area (Å²) < 4.78 is 42.5. The summed E-state index contributed by atoms with van der Waals surface area (Å²) in [6.07, 6.45) is 0.990. The van der Waals surface area contributed by atoms with Gasteiger partial charge >= 0.3 is 0 Å². The van der Waals surface area contributed by atoms with Gasteiger partial charge in [-0.3, -0.25) is 0 Å². The largest absolute Gasteiger partial charge is 0.485 e. The molecule has 1 aromatic carbocycles. The maximum absolute atomic E-state index is 13.7. The number of ether oxygens (including phenoxy) is 1. The van der Waals surface area contributed by atoms with Gasteiger partial charge in [0.1, 0.15) is 6.10 Å². The Kier molecular flexibility index (Phi) is 7.04. The van der Waals surface area contributed by atoms with Crippen LogP contribution in [0.1, 0.15) is 26.7 Å². The van der Waals surface area contributed by atoms with E-state index in [0.717, 1.165) is 0 Å². The van der Waals surface area contributed by atoms with Crippen LogP contribution in [0.2, 0.25) is 0 Å². The topological polar surface area (TPSA) is 79.8 Å². The summed E-state index contributed by atoms with van der Waals surface area (Å²) in [5, 5.41) is 6.26. The van der Waals surface area contributed by atoms with E-state index in [0.29, 0.717) is 31.9 Å². The van der Waals surface area contributed by atoms with Crippen LogP contribution in [0.15, 0.2) is 29.3 Å². The fourth-order valence-corrected chi connectivity index (χ4v) is 4.26. The first kappa shape index (κ1) is 19.5. The van der Waals surface area contributed by atoms with Gasteiger partial charge in [0.05, 0.1) is 18.1 Å². The maximum atomic E-state index is 13.7. The van der Waals surface area contributed by atoms with Crippen LogP contribution in [-0.2, 0) is 9.84 Å². The predicted molar refractivity (Wildman–Crippen MR) is 97.3 cm³/mol. The smallest absolute Gasteiger partial charge is 0.191 e. The SMILES string of the molecule is CCNC(=NCC(CC)Oc1ccccc1F)NC1CCS(=O)(=O)C1. The van der Waals surface area contributed by atoms with E-state index in [2.05, 4.69) is 15.6 Å². The third-order valence-electron chi connectivity index (χ3n) is 3.96. The molecule has 1 fully saturated rings. The third kappa shape index (κ3) is 6.19. The summed E-state index contributed by atoms with van der Waals surface area (Å²) in [6.45, 7) is 4.90. The van der Waals surface area contributed by atoms with Crippen molar-refractivity contribution >= 4 is 15.8 Å². The summed E-state index contributed by atoms with van der Waals surface area (Å²) in [5.74, 6) is 0.703. The summed E-state index contributed by atoms with van der Waals surface area (Å²) in [5.41, 5.74) is 0. The van der Waals surface area contributed by atoms with Crippen molar-refractivity contribution in [2.24, 2.45) is 4.99 Å². The van der Waals surface area contributed by atoms with Gasteiger partial charge in [0.15, 0.2) is 27.4 Å². The number of para-hydroxylation sites is 1. The Hall–Kier alpha value is -1.83. The van der Waals surface area contributed by atoms with Crippen molar-refractivity contribution in [3.05, 3.63) is 30.1 Å². The number of hydrogen-bond acceptors (Lipinski definition) is 4.